The van der Waals surface area contributed by atoms with Crippen molar-refractivity contribution >= 4 is 19.7 Å². The second-order valence-corrected chi connectivity index (χ2v) is 7.86. The van der Waals surface area contributed by atoms with Crippen LogP contribution in [-0.4, -0.2) is 24.3 Å². The van der Waals surface area contributed by atoms with Gasteiger partial charge >= 0.3 is 0 Å². The van der Waals surface area contributed by atoms with Gasteiger partial charge in [0.1, 0.15) is 10.6 Å². The zero-order chi connectivity index (χ0) is 14.8. The minimum Gasteiger partial charge on any atom is -0.372 e. The largest absolute Gasteiger partial charge is 0.372 e. The first-order chi connectivity index (χ1) is 9.41. The Balaban J connectivity index is 2.23. The molecule has 0 amide bonds. The highest BCUT2D eigenvalue weighted by Crippen LogP contribution is 2.31. The zero-order valence-corrected chi connectivity index (χ0v) is 13.5. The SMILES string of the molecule is CCC(C)OCc1nn(C2CCCC2)cc1S(=O)(=O)Cl. The second kappa shape index (κ2) is 6.45. The molecule has 0 aliphatic heterocycles. The van der Waals surface area contributed by atoms with E-state index in [2.05, 4.69) is 5.10 Å². The van der Waals surface area contributed by atoms with Crippen LogP contribution in [0.3, 0.4) is 0 Å². The summed E-state index contributed by atoms with van der Waals surface area (Å²) >= 11 is 0. The molecule has 1 unspecified atom stereocenters. The number of halogens is 1. The number of hydrogen-bond donors (Lipinski definition) is 0. The number of ether oxygens (including phenoxy) is 1. The smallest absolute Gasteiger partial charge is 0.264 e. The topological polar surface area (TPSA) is 61.2 Å². The van der Waals surface area contributed by atoms with Gasteiger partial charge in [-0.2, -0.15) is 5.10 Å². The summed E-state index contributed by atoms with van der Waals surface area (Å²) in [5.41, 5.74) is 0.409. The first-order valence-electron chi connectivity index (χ1n) is 7.06. The number of rotatable bonds is 6. The third kappa shape index (κ3) is 3.74. The average molecular weight is 321 g/mol. The van der Waals surface area contributed by atoms with Gasteiger partial charge in [0.15, 0.2) is 0 Å². The number of aromatic nitrogens is 2. The lowest BCUT2D eigenvalue weighted by Gasteiger charge is -2.10. The van der Waals surface area contributed by atoms with Crippen molar-refractivity contribution in [2.24, 2.45) is 0 Å². The molecule has 0 aromatic carbocycles. The molecule has 0 radical (unpaired) electrons. The van der Waals surface area contributed by atoms with Gasteiger partial charge in [-0.3, -0.25) is 4.68 Å². The Morgan fingerprint density at radius 1 is 1.50 bits per heavy atom. The molecule has 7 heteroatoms. The van der Waals surface area contributed by atoms with E-state index < -0.39 is 9.05 Å². The Morgan fingerprint density at radius 2 is 2.15 bits per heavy atom. The molecule has 1 heterocycles. The molecular weight excluding hydrogens is 300 g/mol. The van der Waals surface area contributed by atoms with Crippen LogP contribution in [0.15, 0.2) is 11.1 Å². The van der Waals surface area contributed by atoms with Crippen LogP contribution in [0.2, 0.25) is 0 Å². The summed E-state index contributed by atoms with van der Waals surface area (Å²) in [5.74, 6) is 0. The van der Waals surface area contributed by atoms with Crippen LogP contribution in [0.25, 0.3) is 0 Å². The molecule has 1 aliphatic rings. The first-order valence-corrected chi connectivity index (χ1v) is 9.37. The van der Waals surface area contributed by atoms with Crippen LogP contribution >= 0.6 is 10.7 Å². The van der Waals surface area contributed by atoms with Crippen molar-refractivity contribution in [3.63, 3.8) is 0 Å². The van der Waals surface area contributed by atoms with Gasteiger partial charge in [0, 0.05) is 16.9 Å². The van der Waals surface area contributed by atoms with Crippen molar-refractivity contribution in [1.82, 2.24) is 9.78 Å². The summed E-state index contributed by atoms with van der Waals surface area (Å²) in [5, 5.41) is 4.39. The number of hydrogen-bond acceptors (Lipinski definition) is 4. The molecule has 1 aromatic rings. The lowest BCUT2D eigenvalue weighted by atomic mass is 10.3. The Morgan fingerprint density at radius 3 is 2.70 bits per heavy atom. The molecule has 1 aromatic heterocycles. The Hall–Kier alpha value is -0.590. The van der Waals surface area contributed by atoms with Crippen molar-refractivity contribution in [2.75, 3.05) is 0 Å². The van der Waals surface area contributed by atoms with E-state index >= 15 is 0 Å². The van der Waals surface area contributed by atoms with Crippen molar-refractivity contribution in [1.29, 1.82) is 0 Å². The maximum atomic E-state index is 11.7. The van der Waals surface area contributed by atoms with E-state index in [0.29, 0.717) is 5.69 Å². The van der Waals surface area contributed by atoms with E-state index in [9.17, 15) is 8.42 Å². The molecule has 0 saturated heterocycles. The molecule has 1 saturated carbocycles. The van der Waals surface area contributed by atoms with Crippen LogP contribution in [0.5, 0.6) is 0 Å². The minimum absolute atomic E-state index is 0.0671. The lowest BCUT2D eigenvalue weighted by molar-refractivity contribution is 0.0473. The van der Waals surface area contributed by atoms with E-state index in [-0.39, 0.29) is 23.6 Å². The predicted octanol–water partition coefficient (Wildman–Crippen LogP) is 3.24. The molecule has 0 spiro atoms. The fraction of sp³-hybridized carbons (Fsp3) is 0.769. The molecule has 1 fully saturated rings. The van der Waals surface area contributed by atoms with Gasteiger partial charge in [-0.15, -0.1) is 0 Å². The van der Waals surface area contributed by atoms with Crippen LogP contribution in [0.1, 0.15) is 57.7 Å². The van der Waals surface area contributed by atoms with Crippen molar-refractivity contribution < 1.29 is 13.2 Å². The van der Waals surface area contributed by atoms with Gasteiger partial charge in [-0.05, 0) is 26.2 Å². The Labute approximate surface area is 124 Å². The number of nitrogens with zero attached hydrogens (tertiary/aromatic N) is 2. The maximum absolute atomic E-state index is 11.7. The first kappa shape index (κ1) is 15.8. The normalized spacial score (nSPS) is 18.6. The molecule has 1 aliphatic carbocycles. The van der Waals surface area contributed by atoms with Crippen molar-refractivity contribution in [2.45, 2.75) is 69.6 Å². The van der Waals surface area contributed by atoms with Crippen LogP contribution in [0, 0.1) is 0 Å². The quantitative estimate of drug-likeness (QED) is 0.755. The fourth-order valence-corrected chi connectivity index (χ4v) is 3.41. The fourth-order valence-electron chi connectivity index (χ4n) is 2.41. The van der Waals surface area contributed by atoms with Crippen molar-refractivity contribution in [3.8, 4) is 0 Å². The summed E-state index contributed by atoms with van der Waals surface area (Å²) in [4.78, 5) is 0.0781. The van der Waals surface area contributed by atoms with Crippen LogP contribution in [0.4, 0.5) is 0 Å². The molecule has 0 bridgehead atoms. The molecule has 2 rings (SSSR count). The predicted molar refractivity (Wildman–Crippen MR) is 77.3 cm³/mol. The third-order valence-electron chi connectivity index (χ3n) is 3.81. The molecule has 5 nitrogen and oxygen atoms in total. The Kier molecular flexibility index (Phi) is 5.09. The van der Waals surface area contributed by atoms with Gasteiger partial charge in [0.05, 0.1) is 18.8 Å². The minimum atomic E-state index is -3.79. The van der Waals surface area contributed by atoms with Crippen LogP contribution in [-0.2, 0) is 20.4 Å². The van der Waals surface area contributed by atoms with Gasteiger partial charge in [0.25, 0.3) is 9.05 Å². The summed E-state index contributed by atoms with van der Waals surface area (Å²) < 4.78 is 30.6. The summed E-state index contributed by atoms with van der Waals surface area (Å²) in [6.07, 6.45) is 6.88. The average Bonchev–Trinajstić information content (AvgIpc) is 3.03. The zero-order valence-electron chi connectivity index (χ0n) is 11.9. The van der Waals surface area contributed by atoms with Gasteiger partial charge in [-0.1, -0.05) is 19.8 Å². The molecule has 114 valence electrons. The van der Waals surface area contributed by atoms with Gasteiger partial charge in [0.2, 0.25) is 0 Å². The van der Waals surface area contributed by atoms with Crippen LogP contribution < -0.4 is 0 Å². The lowest BCUT2D eigenvalue weighted by Crippen LogP contribution is -2.09. The third-order valence-corrected chi connectivity index (χ3v) is 5.18. The molecule has 0 N–H and O–H groups in total. The summed E-state index contributed by atoms with van der Waals surface area (Å²) in [7, 11) is 1.71. The van der Waals surface area contributed by atoms with E-state index in [1.807, 2.05) is 13.8 Å². The maximum Gasteiger partial charge on any atom is 0.264 e. The second-order valence-electron chi connectivity index (χ2n) is 5.33. The standard InChI is InChI=1S/C13H21ClN2O3S/c1-3-10(2)19-9-12-13(20(14,17)18)8-16(15-12)11-6-4-5-7-11/h8,10-11H,3-7,9H2,1-2H3. The van der Waals surface area contributed by atoms with E-state index in [1.165, 1.54) is 0 Å². The molecule has 1 atom stereocenters. The summed E-state index contributed by atoms with van der Waals surface area (Å²) in [6.45, 7) is 4.14. The Bertz CT molecular complexity index is 550. The monoisotopic (exact) mass is 320 g/mol. The van der Waals surface area contributed by atoms with E-state index in [4.69, 9.17) is 15.4 Å². The molecular formula is C13H21ClN2O3S. The highest BCUT2D eigenvalue weighted by molar-refractivity contribution is 8.13. The van der Waals surface area contributed by atoms with Gasteiger partial charge in [-0.25, -0.2) is 8.42 Å². The highest BCUT2D eigenvalue weighted by atomic mass is 35.7. The summed E-state index contributed by atoms with van der Waals surface area (Å²) in [6, 6.07) is 0.282. The van der Waals surface area contributed by atoms with Crippen molar-refractivity contribution in [3.05, 3.63) is 11.9 Å². The van der Waals surface area contributed by atoms with Gasteiger partial charge < -0.3 is 4.74 Å². The van der Waals surface area contributed by atoms with E-state index in [1.54, 1.807) is 10.9 Å². The van der Waals surface area contributed by atoms with E-state index in [0.717, 1.165) is 32.1 Å². The molecule has 20 heavy (non-hydrogen) atoms. The highest BCUT2D eigenvalue weighted by Gasteiger charge is 2.25.